The minimum Gasteiger partial charge on any atom is -0.497 e. The second kappa shape index (κ2) is 8.57. The number of aromatic amines is 1. The van der Waals surface area contributed by atoms with E-state index in [1.807, 2.05) is 24.4 Å². The van der Waals surface area contributed by atoms with E-state index in [-0.39, 0.29) is 0 Å². The Morgan fingerprint density at radius 2 is 1.81 bits per heavy atom. The summed E-state index contributed by atoms with van der Waals surface area (Å²) in [4.78, 5) is 13.3. The topological polar surface area (TPSA) is 48.8 Å². The highest BCUT2D eigenvalue weighted by atomic mass is 16.5. The third-order valence-corrected chi connectivity index (χ3v) is 6.18. The maximum atomic E-state index is 5.35. The van der Waals surface area contributed by atoms with E-state index in [4.69, 9.17) is 9.72 Å². The van der Waals surface area contributed by atoms with Crippen molar-refractivity contribution >= 4 is 5.65 Å². The molecule has 1 saturated heterocycles. The fraction of sp³-hybridized carbons (Fsp3) is 0.320. The second-order valence-electron chi connectivity index (χ2n) is 8.30. The molecule has 1 fully saturated rings. The number of rotatable bonds is 5. The third-order valence-electron chi connectivity index (χ3n) is 6.18. The molecule has 6 heteroatoms. The van der Waals surface area contributed by atoms with Gasteiger partial charge in [0.15, 0.2) is 0 Å². The van der Waals surface area contributed by atoms with Crippen molar-refractivity contribution in [3.05, 3.63) is 66.6 Å². The van der Waals surface area contributed by atoms with E-state index in [2.05, 4.69) is 62.8 Å². The molecule has 0 atom stereocenters. The molecule has 0 saturated carbocycles. The largest absolute Gasteiger partial charge is 0.497 e. The number of nitrogens with zero attached hydrogens (tertiary/aromatic N) is 4. The average Bonchev–Trinajstić information content (AvgIpc) is 3.40. The summed E-state index contributed by atoms with van der Waals surface area (Å²) in [5, 5.41) is 0. The molecule has 3 aromatic heterocycles. The Morgan fingerprint density at radius 1 is 0.968 bits per heavy atom. The van der Waals surface area contributed by atoms with Gasteiger partial charge in [0.05, 0.1) is 18.5 Å². The quantitative estimate of drug-likeness (QED) is 0.532. The van der Waals surface area contributed by atoms with Crippen molar-refractivity contribution in [2.75, 3.05) is 40.3 Å². The van der Waals surface area contributed by atoms with Crippen molar-refractivity contribution in [1.29, 1.82) is 0 Å². The van der Waals surface area contributed by atoms with Gasteiger partial charge in [-0.25, -0.2) is 4.98 Å². The molecule has 1 aliphatic heterocycles. The van der Waals surface area contributed by atoms with Crippen LogP contribution in [0.4, 0.5) is 0 Å². The Labute approximate surface area is 183 Å². The number of nitrogens with one attached hydrogen (secondary N) is 1. The predicted molar refractivity (Wildman–Crippen MR) is 124 cm³/mol. The molecular weight excluding hydrogens is 386 g/mol. The first-order chi connectivity index (χ1) is 15.2. The Kier molecular flexibility index (Phi) is 5.49. The maximum absolute atomic E-state index is 5.35. The summed E-state index contributed by atoms with van der Waals surface area (Å²) >= 11 is 0. The summed E-state index contributed by atoms with van der Waals surface area (Å²) < 4.78 is 7.62. The van der Waals surface area contributed by atoms with Gasteiger partial charge in [0, 0.05) is 48.8 Å². The molecule has 1 aliphatic rings. The Hall–Kier alpha value is -3.09. The molecule has 31 heavy (non-hydrogen) atoms. The van der Waals surface area contributed by atoms with E-state index in [1.54, 1.807) is 7.11 Å². The van der Waals surface area contributed by atoms with Gasteiger partial charge in [0.25, 0.3) is 0 Å². The van der Waals surface area contributed by atoms with Gasteiger partial charge in [-0.1, -0.05) is 0 Å². The summed E-state index contributed by atoms with van der Waals surface area (Å²) in [7, 11) is 3.91. The molecule has 0 spiro atoms. The van der Waals surface area contributed by atoms with E-state index >= 15 is 0 Å². The van der Waals surface area contributed by atoms with Gasteiger partial charge < -0.3 is 19.0 Å². The normalized spacial score (nSPS) is 15.9. The molecule has 0 radical (unpaired) electrons. The van der Waals surface area contributed by atoms with Crippen molar-refractivity contribution in [3.8, 4) is 28.3 Å². The SMILES string of the molecule is COc1ccc(-c2nc3ccc(-c4ccc[nH]4)cn3c2CN2CCCN(C)CC2)cc1. The zero-order valence-corrected chi connectivity index (χ0v) is 18.2. The van der Waals surface area contributed by atoms with Gasteiger partial charge in [0.1, 0.15) is 11.4 Å². The number of hydrogen-bond acceptors (Lipinski definition) is 4. The van der Waals surface area contributed by atoms with Gasteiger partial charge >= 0.3 is 0 Å². The first-order valence-corrected chi connectivity index (χ1v) is 10.9. The molecule has 1 aromatic carbocycles. The fourth-order valence-corrected chi connectivity index (χ4v) is 4.36. The summed E-state index contributed by atoms with van der Waals surface area (Å²) in [6.45, 7) is 5.32. The first kappa shape index (κ1) is 19.8. The van der Waals surface area contributed by atoms with Crippen LogP contribution >= 0.6 is 0 Å². The number of pyridine rings is 1. The lowest BCUT2D eigenvalue weighted by Gasteiger charge is -2.20. The lowest BCUT2D eigenvalue weighted by molar-refractivity contribution is 0.266. The molecule has 0 aliphatic carbocycles. The van der Waals surface area contributed by atoms with Crippen LogP contribution in [0.15, 0.2) is 60.9 Å². The summed E-state index contributed by atoms with van der Waals surface area (Å²) in [5.74, 6) is 0.860. The number of fused-ring (bicyclic) bond motifs is 1. The van der Waals surface area contributed by atoms with Crippen molar-refractivity contribution in [2.24, 2.45) is 0 Å². The fourth-order valence-electron chi connectivity index (χ4n) is 4.36. The summed E-state index contributed by atoms with van der Waals surface area (Å²) in [6.07, 6.45) is 5.37. The summed E-state index contributed by atoms with van der Waals surface area (Å²) in [5.41, 5.74) is 6.65. The molecular formula is C25H29N5O. The van der Waals surface area contributed by atoms with E-state index in [0.717, 1.165) is 66.6 Å². The lowest BCUT2D eigenvalue weighted by Crippen LogP contribution is -2.29. The smallest absolute Gasteiger partial charge is 0.137 e. The van der Waals surface area contributed by atoms with Crippen LogP contribution in [0.3, 0.4) is 0 Å². The Balaban J connectivity index is 1.59. The van der Waals surface area contributed by atoms with Crippen LogP contribution in [0, 0.1) is 0 Å². The van der Waals surface area contributed by atoms with Gasteiger partial charge in [-0.05, 0) is 75.1 Å². The van der Waals surface area contributed by atoms with Crippen molar-refractivity contribution < 1.29 is 4.74 Å². The highest BCUT2D eigenvalue weighted by Crippen LogP contribution is 2.29. The molecule has 5 rings (SSSR count). The number of hydrogen-bond donors (Lipinski definition) is 1. The second-order valence-corrected chi connectivity index (χ2v) is 8.30. The number of aromatic nitrogens is 3. The predicted octanol–water partition coefficient (Wildman–Crippen LogP) is 4.14. The zero-order chi connectivity index (χ0) is 21.2. The van der Waals surface area contributed by atoms with Gasteiger partial charge in [-0.3, -0.25) is 4.90 Å². The van der Waals surface area contributed by atoms with Gasteiger partial charge in [0.2, 0.25) is 0 Å². The lowest BCUT2D eigenvalue weighted by atomic mass is 10.1. The van der Waals surface area contributed by atoms with E-state index in [1.165, 1.54) is 12.1 Å². The summed E-state index contributed by atoms with van der Waals surface area (Å²) in [6, 6.07) is 16.6. The number of benzene rings is 1. The van der Waals surface area contributed by atoms with Crippen LogP contribution < -0.4 is 4.74 Å². The van der Waals surface area contributed by atoms with Crippen molar-refractivity contribution in [3.63, 3.8) is 0 Å². The van der Waals surface area contributed by atoms with Crippen LogP contribution in [0.2, 0.25) is 0 Å². The molecule has 4 heterocycles. The Morgan fingerprint density at radius 3 is 2.58 bits per heavy atom. The number of methoxy groups -OCH3 is 1. The minimum atomic E-state index is 0.860. The van der Waals surface area contributed by atoms with E-state index in [9.17, 15) is 0 Å². The van der Waals surface area contributed by atoms with Gasteiger partial charge in [-0.2, -0.15) is 0 Å². The number of H-pyrrole nitrogens is 1. The molecule has 0 amide bonds. The maximum Gasteiger partial charge on any atom is 0.137 e. The number of likely N-dealkylation sites (N-methyl/N-ethyl adjacent to an activating group) is 1. The van der Waals surface area contributed by atoms with Gasteiger partial charge in [-0.15, -0.1) is 0 Å². The first-order valence-electron chi connectivity index (χ1n) is 10.9. The van der Waals surface area contributed by atoms with Crippen LogP contribution in [0.5, 0.6) is 5.75 Å². The molecule has 1 N–H and O–H groups in total. The Bertz CT molecular complexity index is 1150. The van der Waals surface area contributed by atoms with E-state index in [0.29, 0.717) is 0 Å². The molecule has 6 nitrogen and oxygen atoms in total. The zero-order valence-electron chi connectivity index (χ0n) is 18.2. The molecule has 0 bridgehead atoms. The molecule has 0 unspecified atom stereocenters. The van der Waals surface area contributed by atoms with Crippen LogP contribution in [-0.4, -0.2) is 64.5 Å². The molecule has 4 aromatic rings. The standard InChI is InChI=1S/C25H29N5O/c1-28-13-4-14-29(16-15-28)18-23-25(19-6-9-21(31-2)10-7-19)27-24-11-8-20(17-30(23)24)22-5-3-12-26-22/h3,5-12,17,26H,4,13-16,18H2,1-2H3. The van der Waals surface area contributed by atoms with Crippen LogP contribution in [0.25, 0.3) is 28.2 Å². The highest BCUT2D eigenvalue weighted by Gasteiger charge is 2.20. The van der Waals surface area contributed by atoms with Crippen molar-refractivity contribution in [2.45, 2.75) is 13.0 Å². The third kappa shape index (κ3) is 4.09. The van der Waals surface area contributed by atoms with Crippen LogP contribution in [-0.2, 0) is 6.54 Å². The van der Waals surface area contributed by atoms with E-state index < -0.39 is 0 Å². The number of imidazole rings is 1. The minimum absolute atomic E-state index is 0.860. The highest BCUT2D eigenvalue weighted by molar-refractivity contribution is 5.69. The average molecular weight is 416 g/mol. The van der Waals surface area contributed by atoms with Crippen molar-refractivity contribution in [1.82, 2.24) is 24.2 Å². The van der Waals surface area contributed by atoms with Crippen LogP contribution in [0.1, 0.15) is 12.1 Å². The number of ether oxygens (including phenoxy) is 1. The molecule has 160 valence electrons. The monoisotopic (exact) mass is 415 g/mol.